The molecule has 1 saturated heterocycles. The Morgan fingerprint density at radius 2 is 2.00 bits per heavy atom. The summed E-state index contributed by atoms with van der Waals surface area (Å²) < 4.78 is 0. The molecule has 2 heterocycles. The molecule has 1 aromatic carbocycles. The van der Waals surface area contributed by atoms with Crippen molar-refractivity contribution in [3.05, 3.63) is 44.8 Å². The molecule has 108 valence electrons. The van der Waals surface area contributed by atoms with Crippen molar-refractivity contribution in [1.82, 2.24) is 4.90 Å². The van der Waals surface area contributed by atoms with Crippen LogP contribution in [-0.4, -0.2) is 34.0 Å². The van der Waals surface area contributed by atoms with Crippen LogP contribution in [0.4, 0.5) is 5.69 Å². The second-order valence-electron chi connectivity index (χ2n) is 4.82. The number of carbonyl (C=O) groups excluding carboxylic acids is 1. The normalized spacial score (nSPS) is 20.2. The highest BCUT2D eigenvalue weighted by Gasteiger charge is 2.28. The van der Waals surface area contributed by atoms with E-state index in [0.717, 1.165) is 25.9 Å². The maximum atomic E-state index is 12.0. The first-order chi connectivity index (χ1) is 10.1. The number of rotatable bonds is 2. The van der Waals surface area contributed by atoms with Gasteiger partial charge in [-0.05, 0) is 36.7 Å². The van der Waals surface area contributed by atoms with Crippen LogP contribution in [0.25, 0.3) is 6.08 Å². The van der Waals surface area contributed by atoms with Crippen molar-refractivity contribution in [2.24, 2.45) is 4.99 Å². The number of thioether (sulfide) groups is 1. The lowest BCUT2D eigenvalue weighted by Crippen LogP contribution is -2.23. The van der Waals surface area contributed by atoms with Crippen molar-refractivity contribution in [3.63, 3.8) is 0 Å². The smallest absolute Gasteiger partial charge is 0.286 e. The number of aliphatic imine (C=N–C) groups is 1. The predicted octanol–water partition coefficient (Wildman–Crippen LogP) is 2.66. The molecule has 0 bridgehead atoms. The lowest BCUT2D eigenvalue weighted by atomic mass is 10.1. The van der Waals surface area contributed by atoms with Gasteiger partial charge < -0.3 is 4.90 Å². The molecule has 0 aliphatic carbocycles. The summed E-state index contributed by atoms with van der Waals surface area (Å²) in [5.41, 5.74) is 0.421. The largest absolute Gasteiger partial charge is 0.351 e. The molecule has 1 fully saturated rings. The molecule has 2 aliphatic rings. The number of hydrogen-bond acceptors (Lipinski definition) is 5. The minimum absolute atomic E-state index is 0.00646. The van der Waals surface area contributed by atoms with E-state index in [9.17, 15) is 14.9 Å². The van der Waals surface area contributed by atoms with Gasteiger partial charge in [0.1, 0.15) is 0 Å². The highest BCUT2D eigenvalue weighted by atomic mass is 32.2. The molecule has 0 N–H and O–H groups in total. The first kappa shape index (κ1) is 13.8. The molecule has 1 aromatic rings. The average Bonchev–Trinajstić information content (AvgIpc) is 3.10. The van der Waals surface area contributed by atoms with Crippen molar-refractivity contribution in [2.75, 3.05) is 13.1 Å². The molecule has 0 saturated carbocycles. The monoisotopic (exact) mass is 303 g/mol. The number of nitro groups is 1. The van der Waals surface area contributed by atoms with E-state index in [2.05, 4.69) is 9.89 Å². The van der Waals surface area contributed by atoms with Gasteiger partial charge in [0.25, 0.3) is 11.6 Å². The first-order valence-electron chi connectivity index (χ1n) is 6.66. The SMILES string of the molecule is O=C1N=C(N2CCCC2)S/C1=C\c1ccccc1[N+](=O)[O-]. The number of carbonyl (C=O) groups is 1. The number of nitro benzene ring substituents is 1. The van der Waals surface area contributed by atoms with Crippen LogP contribution in [0.2, 0.25) is 0 Å². The number of amidine groups is 1. The van der Waals surface area contributed by atoms with Gasteiger partial charge in [0.05, 0.1) is 15.4 Å². The summed E-state index contributed by atoms with van der Waals surface area (Å²) in [6.45, 7) is 1.83. The summed E-state index contributed by atoms with van der Waals surface area (Å²) in [5.74, 6) is -0.319. The number of benzene rings is 1. The highest BCUT2D eigenvalue weighted by molar-refractivity contribution is 8.18. The Labute approximate surface area is 125 Å². The van der Waals surface area contributed by atoms with E-state index in [0.29, 0.717) is 15.6 Å². The predicted molar refractivity (Wildman–Crippen MR) is 81.9 cm³/mol. The maximum absolute atomic E-state index is 12.0. The quantitative estimate of drug-likeness (QED) is 0.477. The Morgan fingerprint density at radius 1 is 1.29 bits per heavy atom. The fourth-order valence-corrected chi connectivity index (χ4v) is 3.31. The summed E-state index contributed by atoms with van der Waals surface area (Å²) in [6.07, 6.45) is 3.77. The second-order valence-corrected chi connectivity index (χ2v) is 5.83. The molecule has 0 atom stereocenters. The summed E-state index contributed by atoms with van der Waals surface area (Å²) >= 11 is 1.30. The number of amides is 1. The Morgan fingerprint density at radius 3 is 2.71 bits per heavy atom. The van der Waals surface area contributed by atoms with Crippen molar-refractivity contribution < 1.29 is 9.72 Å². The van der Waals surface area contributed by atoms with Crippen molar-refractivity contribution in [3.8, 4) is 0 Å². The minimum atomic E-state index is -0.446. The van der Waals surface area contributed by atoms with Crippen LogP contribution in [0.1, 0.15) is 18.4 Å². The Bertz CT molecular complexity index is 663. The average molecular weight is 303 g/mol. The molecule has 0 radical (unpaired) electrons. The van der Waals surface area contributed by atoms with Crippen LogP contribution >= 0.6 is 11.8 Å². The van der Waals surface area contributed by atoms with Gasteiger partial charge in [0, 0.05) is 19.2 Å². The summed E-state index contributed by atoms with van der Waals surface area (Å²) in [6, 6.07) is 6.38. The van der Waals surface area contributed by atoms with Crippen molar-refractivity contribution in [2.45, 2.75) is 12.8 Å². The van der Waals surface area contributed by atoms with Gasteiger partial charge in [-0.2, -0.15) is 4.99 Å². The third kappa shape index (κ3) is 2.82. The summed E-state index contributed by atoms with van der Waals surface area (Å²) in [4.78, 5) is 29.1. The fraction of sp³-hybridized carbons (Fsp3) is 0.286. The number of hydrogen-bond donors (Lipinski definition) is 0. The molecule has 0 aromatic heterocycles. The van der Waals surface area contributed by atoms with Crippen LogP contribution in [0.3, 0.4) is 0 Å². The van der Waals surface area contributed by atoms with Gasteiger partial charge >= 0.3 is 0 Å². The number of likely N-dealkylation sites (tertiary alicyclic amines) is 1. The molecular weight excluding hydrogens is 290 g/mol. The zero-order chi connectivity index (χ0) is 14.8. The molecular formula is C14H13N3O3S. The lowest BCUT2D eigenvalue weighted by molar-refractivity contribution is -0.385. The van der Waals surface area contributed by atoms with E-state index in [4.69, 9.17) is 0 Å². The van der Waals surface area contributed by atoms with Crippen LogP contribution in [0.5, 0.6) is 0 Å². The molecule has 3 rings (SSSR count). The number of para-hydroxylation sites is 1. The van der Waals surface area contributed by atoms with Crippen LogP contribution in [-0.2, 0) is 4.79 Å². The van der Waals surface area contributed by atoms with E-state index in [-0.39, 0.29) is 11.6 Å². The van der Waals surface area contributed by atoms with Gasteiger partial charge in [-0.1, -0.05) is 12.1 Å². The van der Waals surface area contributed by atoms with Gasteiger partial charge in [-0.3, -0.25) is 14.9 Å². The van der Waals surface area contributed by atoms with E-state index < -0.39 is 4.92 Å². The molecule has 0 unspecified atom stereocenters. The minimum Gasteiger partial charge on any atom is -0.351 e. The van der Waals surface area contributed by atoms with Crippen LogP contribution in [0, 0.1) is 10.1 Å². The zero-order valence-corrected chi connectivity index (χ0v) is 12.0. The summed E-state index contributed by atoms with van der Waals surface area (Å²) in [5, 5.41) is 11.7. The van der Waals surface area contributed by atoms with Gasteiger partial charge in [-0.25, -0.2) is 0 Å². The van der Waals surface area contributed by atoms with E-state index in [1.54, 1.807) is 24.3 Å². The Balaban J connectivity index is 1.85. The van der Waals surface area contributed by atoms with Gasteiger partial charge in [-0.15, -0.1) is 0 Å². The molecule has 6 nitrogen and oxygen atoms in total. The molecule has 21 heavy (non-hydrogen) atoms. The van der Waals surface area contributed by atoms with Crippen LogP contribution in [0.15, 0.2) is 34.2 Å². The molecule has 0 spiro atoms. The molecule has 1 amide bonds. The topological polar surface area (TPSA) is 75.8 Å². The lowest BCUT2D eigenvalue weighted by Gasteiger charge is -2.14. The van der Waals surface area contributed by atoms with E-state index >= 15 is 0 Å². The number of nitrogens with zero attached hydrogens (tertiary/aromatic N) is 3. The van der Waals surface area contributed by atoms with Crippen molar-refractivity contribution >= 4 is 34.6 Å². The standard InChI is InChI=1S/C14H13N3O3S/c18-13-12(21-14(15-13)16-7-3-4-8-16)9-10-5-1-2-6-11(10)17(19)20/h1-2,5-6,9H,3-4,7-8H2/b12-9-. The fourth-order valence-electron chi connectivity index (χ4n) is 2.36. The highest BCUT2D eigenvalue weighted by Crippen LogP contribution is 2.33. The van der Waals surface area contributed by atoms with Gasteiger partial charge in [0.15, 0.2) is 5.17 Å². The summed E-state index contributed by atoms with van der Waals surface area (Å²) in [7, 11) is 0. The zero-order valence-electron chi connectivity index (χ0n) is 11.2. The Kier molecular flexibility index (Phi) is 3.74. The Hall–Kier alpha value is -2.15. The second kappa shape index (κ2) is 5.69. The maximum Gasteiger partial charge on any atom is 0.286 e. The van der Waals surface area contributed by atoms with Crippen molar-refractivity contribution in [1.29, 1.82) is 0 Å². The molecule has 2 aliphatic heterocycles. The first-order valence-corrected chi connectivity index (χ1v) is 7.48. The van der Waals surface area contributed by atoms with E-state index in [1.165, 1.54) is 17.8 Å². The third-order valence-electron chi connectivity index (χ3n) is 3.41. The molecule has 7 heteroatoms. The van der Waals surface area contributed by atoms with E-state index in [1.807, 2.05) is 0 Å². The van der Waals surface area contributed by atoms with Gasteiger partial charge in [0.2, 0.25) is 0 Å². The van der Waals surface area contributed by atoms with Crippen LogP contribution < -0.4 is 0 Å². The third-order valence-corrected chi connectivity index (χ3v) is 4.45.